The molecule has 0 bridgehead atoms. The zero-order valence-electron chi connectivity index (χ0n) is 19.2. The van der Waals surface area contributed by atoms with Gasteiger partial charge in [-0.05, 0) is 66.6 Å². The third kappa shape index (κ3) is 4.66. The van der Waals surface area contributed by atoms with E-state index in [2.05, 4.69) is 68.7 Å². The molecule has 4 aromatic rings. The monoisotopic (exact) mass is 455 g/mol. The first-order valence-electron chi connectivity index (χ1n) is 11.7. The molecule has 1 amide bonds. The average molecular weight is 456 g/mol. The lowest BCUT2D eigenvalue weighted by Crippen LogP contribution is -2.29. The zero-order chi connectivity index (χ0) is 23.5. The number of aryl methyl sites for hydroxylation is 2. The van der Waals surface area contributed by atoms with Crippen LogP contribution < -0.4 is 5.48 Å². The van der Waals surface area contributed by atoms with Crippen molar-refractivity contribution >= 4 is 22.9 Å². The van der Waals surface area contributed by atoms with Crippen LogP contribution in [0.2, 0.25) is 0 Å². The molecule has 1 atom stereocenters. The maximum absolute atomic E-state index is 11.3. The van der Waals surface area contributed by atoms with E-state index in [0.29, 0.717) is 6.04 Å². The van der Waals surface area contributed by atoms with Gasteiger partial charge in [0.25, 0.3) is 5.91 Å². The molecule has 0 radical (unpaired) electrons. The van der Waals surface area contributed by atoms with Crippen LogP contribution in [0.15, 0.2) is 60.8 Å². The summed E-state index contributed by atoms with van der Waals surface area (Å²) in [6.45, 7) is 3.75. The summed E-state index contributed by atoms with van der Waals surface area (Å²) < 4.78 is 0. The van der Waals surface area contributed by atoms with E-state index in [1.54, 1.807) is 11.6 Å². The predicted octanol–water partition coefficient (Wildman–Crippen LogP) is 4.45. The molecule has 1 aliphatic rings. The van der Waals surface area contributed by atoms with Gasteiger partial charge >= 0.3 is 0 Å². The van der Waals surface area contributed by atoms with Crippen LogP contribution in [0.3, 0.4) is 0 Å². The van der Waals surface area contributed by atoms with Crippen molar-refractivity contribution in [1.82, 2.24) is 25.6 Å². The lowest BCUT2D eigenvalue weighted by molar-refractivity contribution is -0.124. The van der Waals surface area contributed by atoms with E-state index in [4.69, 9.17) is 5.21 Å². The smallest absolute Gasteiger partial charge is 0.267 e. The summed E-state index contributed by atoms with van der Waals surface area (Å²) in [7, 11) is 0. The first kappa shape index (κ1) is 22.1. The summed E-state index contributed by atoms with van der Waals surface area (Å²) in [5.74, 6) is -0.531. The van der Waals surface area contributed by atoms with Gasteiger partial charge in [-0.2, -0.15) is 5.10 Å². The maximum Gasteiger partial charge on any atom is 0.267 e. The number of aromatic nitrogens is 3. The molecular formula is C27H29N5O2. The largest absolute Gasteiger partial charge is 0.361 e. The van der Waals surface area contributed by atoms with E-state index in [0.717, 1.165) is 49.3 Å². The Kier molecular flexibility index (Phi) is 6.29. The van der Waals surface area contributed by atoms with Crippen molar-refractivity contribution in [3.63, 3.8) is 0 Å². The second kappa shape index (κ2) is 9.67. The van der Waals surface area contributed by atoms with Gasteiger partial charge in [-0.1, -0.05) is 36.4 Å². The molecule has 1 unspecified atom stereocenters. The van der Waals surface area contributed by atoms with Crippen LogP contribution in [0.25, 0.3) is 17.0 Å². The van der Waals surface area contributed by atoms with Crippen molar-refractivity contribution in [2.24, 2.45) is 0 Å². The highest BCUT2D eigenvalue weighted by Gasteiger charge is 2.28. The third-order valence-electron chi connectivity index (χ3n) is 6.67. The van der Waals surface area contributed by atoms with Gasteiger partial charge in [-0.25, -0.2) is 5.48 Å². The van der Waals surface area contributed by atoms with Crippen molar-refractivity contribution in [3.8, 4) is 0 Å². The van der Waals surface area contributed by atoms with Crippen molar-refractivity contribution in [2.75, 3.05) is 6.54 Å². The number of carbonyl (C=O) groups excluding carboxylic acids is 1. The molecule has 2 aromatic heterocycles. The van der Waals surface area contributed by atoms with Gasteiger partial charge in [-0.3, -0.25) is 20.0 Å². The highest BCUT2D eigenvalue weighted by molar-refractivity contribution is 5.90. The van der Waals surface area contributed by atoms with Gasteiger partial charge in [0, 0.05) is 48.0 Å². The SMILES string of the molecule is Cc1cc(CN(CCc2c[nH]c3ccccc23)C2CCc3cc(C=CC(=O)NO)ccc32)[nH]n1. The van der Waals surface area contributed by atoms with Crippen LogP contribution in [-0.2, 0) is 24.2 Å². The highest BCUT2D eigenvalue weighted by atomic mass is 16.5. The van der Waals surface area contributed by atoms with Crippen LogP contribution >= 0.6 is 0 Å². The molecule has 7 nitrogen and oxygen atoms in total. The normalized spacial score (nSPS) is 15.4. The van der Waals surface area contributed by atoms with Crippen LogP contribution in [0.5, 0.6) is 0 Å². The Morgan fingerprint density at radius 2 is 2.15 bits per heavy atom. The number of aromatic amines is 2. The molecule has 174 valence electrons. The Bertz CT molecular complexity index is 1340. The van der Waals surface area contributed by atoms with E-state index in [1.807, 2.05) is 13.0 Å². The van der Waals surface area contributed by atoms with Gasteiger partial charge in [0.1, 0.15) is 0 Å². The number of benzene rings is 2. The second-order valence-electron chi connectivity index (χ2n) is 8.94. The van der Waals surface area contributed by atoms with Crippen molar-refractivity contribution in [2.45, 2.75) is 38.8 Å². The van der Waals surface area contributed by atoms with E-state index in [9.17, 15) is 4.79 Å². The van der Waals surface area contributed by atoms with Crippen LogP contribution in [0.1, 0.15) is 46.1 Å². The molecule has 5 rings (SSSR count). The number of hydrogen-bond acceptors (Lipinski definition) is 4. The number of rotatable bonds is 8. The van der Waals surface area contributed by atoms with Gasteiger partial charge in [0.2, 0.25) is 0 Å². The van der Waals surface area contributed by atoms with Gasteiger partial charge in [0.05, 0.1) is 5.69 Å². The number of hydrogen-bond donors (Lipinski definition) is 4. The number of nitrogens with one attached hydrogen (secondary N) is 3. The van der Waals surface area contributed by atoms with E-state index in [-0.39, 0.29) is 0 Å². The number of amides is 1. The molecule has 0 saturated heterocycles. The lowest BCUT2D eigenvalue weighted by atomic mass is 10.0. The van der Waals surface area contributed by atoms with Crippen LogP contribution in [0, 0.1) is 6.92 Å². The second-order valence-corrected chi connectivity index (χ2v) is 8.94. The molecule has 0 fully saturated rings. The molecule has 2 aromatic carbocycles. The average Bonchev–Trinajstić information content (AvgIpc) is 3.58. The summed E-state index contributed by atoms with van der Waals surface area (Å²) in [4.78, 5) is 17.3. The highest BCUT2D eigenvalue weighted by Crippen LogP contribution is 2.37. The van der Waals surface area contributed by atoms with Crippen LogP contribution in [-0.4, -0.2) is 37.7 Å². The number of fused-ring (bicyclic) bond motifs is 2. The topological polar surface area (TPSA) is 97.0 Å². The summed E-state index contributed by atoms with van der Waals surface area (Å²) >= 11 is 0. The molecular weight excluding hydrogens is 426 g/mol. The number of H-pyrrole nitrogens is 2. The van der Waals surface area contributed by atoms with Crippen molar-refractivity contribution in [3.05, 3.63) is 94.4 Å². The standard InChI is InChI=1S/C27H29N5O2/c1-18-14-22(30-29-18)17-32(13-12-21-16-28-25-5-3-2-4-23(21)25)26-10-8-20-15-19(6-9-24(20)26)7-11-27(33)31-34/h2-7,9,11,14-16,26,28,34H,8,10,12-13,17H2,1H3,(H,29,30)(H,31,33). The Balaban J connectivity index is 1.38. The predicted molar refractivity (Wildman–Crippen MR) is 132 cm³/mol. The molecule has 0 aliphatic heterocycles. The van der Waals surface area contributed by atoms with Gasteiger partial charge in [-0.15, -0.1) is 0 Å². The Hall–Kier alpha value is -3.68. The van der Waals surface area contributed by atoms with Crippen LogP contribution in [0.4, 0.5) is 0 Å². The first-order chi connectivity index (χ1) is 16.6. The van der Waals surface area contributed by atoms with E-state index < -0.39 is 5.91 Å². The first-order valence-corrected chi connectivity index (χ1v) is 11.7. The molecule has 4 N–H and O–H groups in total. The van der Waals surface area contributed by atoms with E-state index in [1.165, 1.54) is 33.7 Å². The summed E-state index contributed by atoms with van der Waals surface area (Å²) in [6.07, 6.45) is 8.20. The van der Waals surface area contributed by atoms with Crippen molar-refractivity contribution < 1.29 is 10.0 Å². The number of hydroxylamine groups is 1. The molecule has 2 heterocycles. The van der Waals surface area contributed by atoms with Crippen molar-refractivity contribution in [1.29, 1.82) is 0 Å². The summed E-state index contributed by atoms with van der Waals surface area (Å²) in [5, 5.41) is 17.5. The molecule has 0 spiro atoms. The fourth-order valence-electron chi connectivity index (χ4n) is 5.03. The molecule has 0 saturated carbocycles. The minimum Gasteiger partial charge on any atom is -0.361 e. The number of para-hydroxylation sites is 1. The molecule has 7 heteroatoms. The summed E-state index contributed by atoms with van der Waals surface area (Å²) in [6, 6.07) is 17.3. The zero-order valence-corrected chi connectivity index (χ0v) is 19.2. The Morgan fingerprint density at radius 1 is 1.26 bits per heavy atom. The fourth-order valence-corrected chi connectivity index (χ4v) is 5.03. The fraction of sp³-hybridized carbons (Fsp3) is 0.259. The quantitative estimate of drug-likeness (QED) is 0.179. The third-order valence-corrected chi connectivity index (χ3v) is 6.67. The lowest BCUT2D eigenvalue weighted by Gasteiger charge is -2.29. The minimum absolute atomic E-state index is 0.322. The van der Waals surface area contributed by atoms with Gasteiger partial charge < -0.3 is 4.98 Å². The maximum atomic E-state index is 11.3. The molecule has 1 aliphatic carbocycles. The van der Waals surface area contributed by atoms with E-state index >= 15 is 0 Å². The molecule has 34 heavy (non-hydrogen) atoms. The Morgan fingerprint density at radius 3 is 2.97 bits per heavy atom. The van der Waals surface area contributed by atoms with Gasteiger partial charge in [0.15, 0.2) is 0 Å². The minimum atomic E-state index is -0.531. The Labute approximate surface area is 198 Å². The summed E-state index contributed by atoms with van der Waals surface area (Å²) in [5.41, 5.74) is 9.88. The number of nitrogens with zero attached hydrogens (tertiary/aromatic N) is 2. The number of carbonyl (C=O) groups is 1.